The molecule has 8 heteroatoms. The molecular weight excluding hydrogens is 334 g/mol. The number of nitrogens with zero attached hydrogens (tertiary/aromatic N) is 4. The number of piperidine rings is 1. The Bertz CT molecular complexity index is 658. The summed E-state index contributed by atoms with van der Waals surface area (Å²) in [5.74, 6) is 0.336. The van der Waals surface area contributed by atoms with Gasteiger partial charge in [0.1, 0.15) is 5.60 Å². The molecule has 0 bridgehead atoms. The number of likely N-dealkylation sites (tertiary alicyclic amines) is 1. The summed E-state index contributed by atoms with van der Waals surface area (Å²) in [4.78, 5) is 27.8. The van der Waals surface area contributed by atoms with Gasteiger partial charge in [0.2, 0.25) is 5.91 Å². The molecule has 1 aromatic heterocycles. The number of rotatable bonds is 3. The van der Waals surface area contributed by atoms with E-state index in [1.807, 2.05) is 31.6 Å². The van der Waals surface area contributed by atoms with Gasteiger partial charge in [-0.15, -0.1) is 0 Å². The summed E-state index contributed by atoms with van der Waals surface area (Å²) < 4.78 is 7.35. The third kappa shape index (κ3) is 4.17. The minimum Gasteiger partial charge on any atom is -0.444 e. The second-order valence-corrected chi connectivity index (χ2v) is 8.19. The van der Waals surface area contributed by atoms with E-state index in [1.165, 1.54) is 0 Å². The van der Waals surface area contributed by atoms with Crippen LogP contribution in [0.3, 0.4) is 0 Å². The molecule has 1 aromatic rings. The summed E-state index contributed by atoms with van der Waals surface area (Å²) in [6.45, 7) is 8.10. The first-order valence-corrected chi connectivity index (χ1v) is 9.29. The van der Waals surface area contributed by atoms with Crippen LogP contribution in [-0.4, -0.2) is 58.5 Å². The van der Waals surface area contributed by atoms with Crippen molar-refractivity contribution in [2.75, 3.05) is 31.1 Å². The molecule has 1 atom stereocenters. The lowest BCUT2D eigenvalue weighted by Crippen LogP contribution is -2.42. The number of amides is 2. The van der Waals surface area contributed by atoms with Gasteiger partial charge in [-0.3, -0.25) is 9.48 Å². The SMILES string of the molecule is CC(C)(C)OC(=O)N1CCC(n2cc(N3CC(CN)CC3=O)cn2)CC1. The number of carbonyl (C=O) groups excluding carboxylic acids is 2. The largest absolute Gasteiger partial charge is 0.444 e. The van der Waals surface area contributed by atoms with Gasteiger partial charge in [-0.2, -0.15) is 5.10 Å². The van der Waals surface area contributed by atoms with Crippen molar-refractivity contribution in [3.8, 4) is 0 Å². The fourth-order valence-corrected chi connectivity index (χ4v) is 3.50. The molecule has 8 nitrogen and oxygen atoms in total. The summed E-state index contributed by atoms with van der Waals surface area (Å²) in [5.41, 5.74) is 6.05. The van der Waals surface area contributed by atoms with E-state index in [4.69, 9.17) is 10.5 Å². The van der Waals surface area contributed by atoms with Gasteiger partial charge in [0, 0.05) is 32.3 Å². The third-order valence-corrected chi connectivity index (χ3v) is 4.93. The van der Waals surface area contributed by atoms with Crippen LogP contribution in [0.5, 0.6) is 0 Å². The molecule has 0 aromatic carbocycles. The molecule has 2 saturated heterocycles. The van der Waals surface area contributed by atoms with Gasteiger partial charge in [-0.05, 0) is 46.1 Å². The second kappa shape index (κ2) is 7.26. The quantitative estimate of drug-likeness (QED) is 0.883. The van der Waals surface area contributed by atoms with E-state index in [1.54, 1.807) is 16.0 Å². The normalized spacial score (nSPS) is 22.2. The van der Waals surface area contributed by atoms with Gasteiger partial charge in [-0.25, -0.2) is 4.79 Å². The van der Waals surface area contributed by atoms with Crippen LogP contribution >= 0.6 is 0 Å². The minimum absolute atomic E-state index is 0.111. The molecule has 0 radical (unpaired) electrons. The molecule has 0 saturated carbocycles. The lowest BCUT2D eigenvalue weighted by Gasteiger charge is -2.33. The number of anilines is 1. The third-order valence-electron chi connectivity index (χ3n) is 4.93. The van der Waals surface area contributed by atoms with E-state index in [0.717, 1.165) is 18.5 Å². The lowest BCUT2D eigenvalue weighted by molar-refractivity contribution is -0.117. The maximum atomic E-state index is 12.2. The molecule has 2 aliphatic heterocycles. The topological polar surface area (TPSA) is 93.7 Å². The minimum atomic E-state index is -0.478. The number of nitrogens with two attached hydrogens (primary N) is 1. The van der Waals surface area contributed by atoms with Crippen molar-refractivity contribution >= 4 is 17.7 Å². The Labute approximate surface area is 154 Å². The Hall–Kier alpha value is -2.09. The lowest BCUT2D eigenvalue weighted by atomic mass is 10.1. The summed E-state index contributed by atoms with van der Waals surface area (Å²) >= 11 is 0. The molecule has 0 aliphatic carbocycles. The molecule has 3 rings (SSSR count). The Balaban J connectivity index is 1.57. The van der Waals surface area contributed by atoms with E-state index in [-0.39, 0.29) is 24.0 Å². The van der Waals surface area contributed by atoms with Gasteiger partial charge >= 0.3 is 6.09 Å². The van der Waals surface area contributed by atoms with Crippen LogP contribution in [0.4, 0.5) is 10.5 Å². The Morgan fingerprint density at radius 1 is 1.35 bits per heavy atom. The van der Waals surface area contributed by atoms with Crippen molar-refractivity contribution in [3.63, 3.8) is 0 Å². The molecule has 1 unspecified atom stereocenters. The summed E-state index contributed by atoms with van der Waals surface area (Å²) in [6.07, 6.45) is 5.57. The molecule has 2 amide bonds. The summed E-state index contributed by atoms with van der Waals surface area (Å²) in [7, 11) is 0. The molecule has 0 spiro atoms. The zero-order chi connectivity index (χ0) is 18.9. The van der Waals surface area contributed by atoms with Crippen LogP contribution in [0.2, 0.25) is 0 Å². The average molecular weight is 363 g/mol. The van der Waals surface area contributed by atoms with Crippen molar-refractivity contribution in [2.24, 2.45) is 11.7 Å². The van der Waals surface area contributed by atoms with Crippen LogP contribution in [0.15, 0.2) is 12.4 Å². The smallest absolute Gasteiger partial charge is 0.410 e. The van der Waals surface area contributed by atoms with Crippen molar-refractivity contribution in [2.45, 2.75) is 51.7 Å². The first kappa shape index (κ1) is 18.7. The van der Waals surface area contributed by atoms with E-state index in [2.05, 4.69) is 5.10 Å². The fourth-order valence-electron chi connectivity index (χ4n) is 3.50. The molecule has 26 heavy (non-hydrogen) atoms. The predicted octanol–water partition coefficient (Wildman–Crippen LogP) is 1.77. The number of hydrogen-bond donors (Lipinski definition) is 1. The average Bonchev–Trinajstić information content (AvgIpc) is 3.19. The van der Waals surface area contributed by atoms with Crippen LogP contribution in [0.25, 0.3) is 0 Å². The molecule has 2 fully saturated rings. The number of hydrogen-bond acceptors (Lipinski definition) is 5. The van der Waals surface area contributed by atoms with Crippen LogP contribution in [0.1, 0.15) is 46.1 Å². The van der Waals surface area contributed by atoms with Crippen molar-refractivity contribution < 1.29 is 14.3 Å². The number of carbonyl (C=O) groups is 2. The monoisotopic (exact) mass is 363 g/mol. The van der Waals surface area contributed by atoms with Gasteiger partial charge in [0.05, 0.1) is 17.9 Å². The maximum Gasteiger partial charge on any atom is 0.410 e. The van der Waals surface area contributed by atoms with E-state index in [0.29, 0.717) is 32.6 Å². The van der Waals surface area contributed by atoms with Gasteiger partial charge < -0.3 is 20.3 Å². The predicted molar refractivity (Wildman–Crippen MR) is 97.8 cm³/mol. The van der Waals surface area contributed by atoms with Gasteiger partial charge in [0.15, 0.2) is 0 Å². The van der Waals surface area contributed by atoms with Gasteiger partial charge in [0.25, 0.3) is 0 Å². The first-order valence-electron chi connectivity index (χ1n) is 9.29. The number of ether oxygens (including phenoxy) is 1. The van der Waals surface area contributed by atoms with E-state index >= 15 is 0 Å². The highest BCUT2D eigenvalue weighted by Crippen LogP contribution is 2.28. The zero-order valence-corrected chi connectivity index (χ0v) is 15.9. The highest BCUT2D eigenvalue weighted by molar-refractivity contribution is 5.95. The fraction of sp³-hybridized carbons (Fsp3) is 0.722. The second-order valence-electron chi connectivity index (χ2n) is 8.19. The van der Waals surface area contributed by atoms with Crippen LogP contribution in [-0.2, 0) is 9.53 Å². The molecular formula is C18H29N5O3. The molecule has 2 aliphatic rings. The maximum absolute atomic E-state index is 12.2. The first-order chi connectivity index (χ1) is 12.3. The Morgan fingerprint density at radius 3 is 2.62 bits per heavy atom. The highest BCUT2D eigenvalue weighted by atomic mass is 16.6. The van der Waals surface area contributed by atoms with Crippen LogP contribution in [0, 0.1) is 5.92 Å². The Kier molecular flexibility index (Phi) is 5.22. The summed E-state index contributed by atoms with van der Waals surface area (Å²) in [6, 6.07) is 0.227. The van der Waals surface area contributed by atoms with Crippen molar-refractivity contribution in [1.82, 2.24) is 14.7 Å². The van der Waals surface area contributed by atoms with E-state index < -0.39 is 5.60 Å². The van der Waals surface area contributed by atoms with Gasteiger partial charge in [-0.1, -0.05) is 0 Å². The van der Waals surface area contributed by atoms with Crippen molar-refractivity contribution in [1.29, 1.82) is 0 Å². The molecule has 2 N–H and O–H groups in total. The Morgan fingerprint density at radius 2 is 2.04 bits per heavy atom. The molecule has 144 valence electrons. The van der Waals surface area contributed by atoms with E-state index in [9.17, 15) is 9.59 Å². The zero-order valence-electron chi connectivity index (χ0n) is 15.9. The summed E-state index contributed by atoms with van der Waals surface area (Å²) in [5, 5.41) is 4.46. The highest BCUT2D eigenvalue weighted by Gasteiger charge is 2.32. The number of aromatic nitrogens is 2. The van der Waals surface area contributed by atoms with Crippen LogP contribution < -0.4 is 10.6 Å². The standard InChI is InChI=1S/C18H29N5O3/c1-18(2,3)26-17(25)21-6-4-14(5-7-21)23-12-15(10-20-23)22-11-13(9-19)8-16(22)24/h10,12-14H,4-9,11,19H2,1-3H3. The van der Waals surface area contributed by atoms with Crippen molar-refractivity contribution in [3.05, 3.63) is 12.4 Å². The molecule has 3 heterocycles.